The molecule has 0 unspecified atom stereocenters. The molecular formula is C24H23N5O10S. The van der Waals surface area contributed by atoms with Gasteiger partial charge in [0.05, 0.1) is 22.5 Å². The van der Waals surface area contributed by atoms with Crippen LogP contribution in [0.15, 0.2) is 41.3 Å². The quantitative estimate of drug-likeness (QED) is 0.200. The van der Waals surface area contributed by atoms with Gasteiger partial charge in [0.1, 0.15) is 12.1 Å². The molecule has 2 aromatic carbocycles. The third-order valence-corrected chi connectivity index (χ3v) is 6.85. The second kappa shape index (κ2) is 12.7. The van der Waals surface area contributed by atoms with Gasteiger partial charge in [-0.1, -0.05) is 6.07 Å². The highest BCUT2D eigenvalue weighted by atomic mass is 32.2. The number of aromatic carboxylic acids is 1. The van der Waals surface area contributed by atoms with Crippen molar-refractivity contribution in [1.82, 2.24) is 10.6 Å². The lowest BCUT2D eigenvalue weighted by atomic mass is 10.1. The van der Waals surface area contributed by atoms with E-state index in [1.165, 1.54) is 30.3 Å². The first-order valence-corrected chi connectivity index (χ1v) is 12.5. The zero-order chi connectivity index (χ0) is 29.6. The third-order valence-electron chi connectivity index (χ3n) is 5.72. The molecule has 0 radical (unpaired) electrons. The number of thioether (sulfide) groups is 1. The summed E-state index contributed by atoms with van der Waals surface area (Å²) < 4.78 is 0. The van der Waals surface area contributed by atoms with E-state index in [9.17, 15) is 44.0 Å². The standard InChI is InChI=1S/C24H23N5O10S/c25-19(30)9-17-23(35)27-16-7-11(24(36)37)1-2-12(16)10-40-18-5-3-13(29(38)39)8-14(18)21(33)26-15(22(34)28-17)4-6-20(31)32/h1-3,5,7-8,15,17H,4,6,9-10H2,(H2,25,30)(H,26,33)(H,27,35)(H,28,34)(H,31,32)(H,36,37)/t15-,17-/m0/s1. The monoisotopic (exact) mass is 573 g/mol. The number of fused-ring (bicyclic) bond motifs is 2. The fraction of sp³-hybridized carbons (Fsp3) is 0.250. The topological polar surface area (TPSA) is 248 Å². The summed E-state index contributed by atoms with van der Waals surface area (Å²) in [5.74, 6) is -6.35. The summed E-state index contributed by atoms with van der Waals surface area (Å²) in [5, 5.41) is 37.0. The van der Waals surface area contributed by atoms with E-state index in [0.29, 0.717) is 5.56 Å². The molecule has 210 valence electrons. The zero-order valence-corrected chi connectivity index (χ0v) is 21.4. The van der Waals surface area contributed by atoms with E-state index in [4.69, 9.17) is 10.8 Å². The largest absolute Gasteiger partial charge is 0.481 e. The molecule has 2 atom stereocenters. The van der Waals surface area contributed by atoms with Gasteiger partial charge in [0, 0.05) is 34.9 Å². The summed E-state index contributed by atoms with van der Waals surface area (Å²) in [6, 6.07) is 4.29. The third kappa shape index (κ3) is 7.53. The Morgan fingerprint density at radius 3 is 2.38 bits per heavy atom. The molecule has 4 amide bonds. The maximum Gasteiger partial charge on any atom is 0.335 e. The van der Waals surface area contributed by atoms with Crippen molar-refractivity contribution in [2.45, 2.75) is 42.0 Å². The molecule has 40 heavy (non-hydrogen) atoms. The van der Waals surface area contributed by atoms with Crippen LogP contribution in [-0.2, 0) is 24.9 Å². The van der Waals surface area contributed by atoms with E-state index in [0.717, 1.165) is 17.8 Å². The Morgan fingerprint density at radius 1 is 1.02 bits per heavy atom. The predicted molar refractivity (Wildman–Crippen MR) is 139 cm³/mol. The number of hydrogen-bond donors (Lipinski definition) is 6. The number of amides is 4. The lowest BCUT2D eigenvalue weighted by molar-refractivity contribution is -0.384. The minimum atomic E-state index is -1.57. The molecule has 1 heterocycles. The van der Waals surface area contributed by atoms with Gasteiger partial charge in [0.25, 0.3) is 11.6 Å². The van der Waals surface area contributed by atoms with Crippen molar-refractivity contribution in [3.63, 3.8) is 0 Å². The first-order chi connectivity index (χ1) is 18.8. The van der Waals surface area contributed by atoms with Crippen molar-refractivity contribution >= 4 is 58.7 Å². The Labute approximate surface area is 229 Å². The number of nitro benzene ring substituents is 1. The molecule has 7 N–H and O–H groups in total. The Hall–Kier alpha value is -4.99. The summed E-state index contributed by atoms with van der Waals surface area (Å²) in [5.41, 5.74) is 4.91. The Balaban J connectivity index is 2.14. The number of carboxylic acid groups (broad SMARTS) is 2. The molecule has 15 nitrogen and oxygen atoms in total. The van der Waals surface area contributed by atoms with Gasteiger partial charge in [-0.25, -0.2) is 4.79 Å². The van der Waals surface area contributed by atoms with Crippen LogP contribution in [0, 0.1) is 10.1 Å². The molecule has 0 bridgehead atoms. The van der Waals surface area contributed by atoms with Crippen LogP contribution in [0.5, 0.6) is 0 Å². The number of benzene rings is 2. The number of carboxylic acids is 2. The van der Waals surface area contributed by atoms with E-state index in [1.54, 1.807) is 0 Å². The van der Waals surface area contributed by atoms with Crippen molar-refractivity contribution in [2.24, 2.45) is 5.73 Å². The number of hydrogen-bond acceptors (Lipinski definition) is 9. The van der Waals surface area contributed by atoms with Crippen LogP contribution in [0.4, 0.5) is 11.4 Å². The van der Waals surface area contributed by atoms with E-state index in [2.05, 4.69) is 16.0 Å². The van der Waals surface area contributed by atoms with Crippen LogP contribution in [0.3, 0.4) is 0 Å². The number of primary amides is 1. The molecule has 2 aromatic rings. The van der Waals surface area contributed by atoms with Gasteiger partial charge in [-0.05, 0) is 30.2 Å². The van der Waals surface area contributed by atoms with Crippen LogP contribution in [-0.4, -0.2) is 62.8 Å². The Bertz CT molecular complexity index is 1410. The lowest BCUT2D eigenvalue weighted by Crippen LogP contribution is -2.53. The maximum absolute atomic E-state index is 13.2. The lowest BCUT2D eigenvalue weighted by Gasteiger charge is -2.24. The fourth-order valence-electron chi connectivity index (χ4n) is 3.72. The van der Waals surface area contributed by atoms with Gasteiger partial charge >= 0.3 is 11.9 Å². The normalized spacial score (nSPS) is 17.6. The van der Waals surface area contributed by atoms with Crippen LogP contribution in [0.2, 0.25) is 0 Å². The van der Waals surface area contributed by atoms with Gasteiger partial charge < -0.3 is 31.9 Å². The van der Waals surface area contributed by atoms with Crippen LogP contribution in [0.25, 0.3) is 0 Å². The molecule has 0 aliphatic carbocycles. The highest BCUT2D eigenvalue weighted by Gasteiger charge is 2.30. The number of nitro groups is 1. The number of nitrogens with zero attached hydrogens (tertiary/aromatic N) is 1. The summed E-state index contributed by atoms with van der Waals surface area (Å²) in [6.07, 6.45) is -1.65. The molecule has 1 aliphatic rings. The average molecular weight is 574 g/mol. The summed E-state index contributed by atoms with van der Waals surface area (Å²) in [4.78, 5) is 84.7. The summed E-state index contributed by atoms with van der Waals surface area (Å²) >= 11 is 1.04. The van der Waals surface area contributed by atoms with E-state index >= 15 is 0 Å². The zero-order valence-electron chi connectivity index (χ0n) is 20.5. The van der Waals surface area contributed by atoms with Gasteiger partial charge in [-0.2, -0.15) is 0 Å². The molecule has 1 aliphatic heterocycles. The predicted octanol–water partition coefficient (Wildman–Crippen LogP) is 0.861. The van der Waals surface area contributed by atoms with Crippen LogP contribution in [0.1, 0.15) is 45.5 Å². The van der Waals surface area contributed by atoms with Crippen LogP contribution < -0.4 is 21.7 Å². The first kappa shape index (κ1) is 29.6. The van der Waals surface area contributed by atoms with Gasteiger partial charge in [0.2, 0.25) is 17.7 Å². The number of rotatable bonds is 7. The summed E-state index contributed by atoms with van der Waals surface area (Å²) in [6.45, 7) is 0. The highest BCUT2D eigenvalue weighted by Crippen LogP contribution is 2.32. The van der Waals surface area contributed by atoms with Gasteiger partial charge in [0.15, 0.2) is 0 Å². The number of nitrogens with one attached hydrogen (secondary N) is 3. The number of anilines is 1. The Kier molecular flexibility index (Phi) is 9.39. The van der Waals surface area contributed by atoms with Gasteiger partial charge in [-0.15, -0.1) is 11.8 Å². The van der Waals surface area contributed by atoms with E-state index in [1.807, 2.05) is 0 Å². The van der Waals surface area contributed by atoms with Crippen molar-refractivity contribution < 1.29 is 43.9 Å². The summed E-state index contributed by atoms with van der Waals surface area (Å²) in [7, 11) is 0. The molecule has 0 aromatic heterocycles. The first-order valence-electron chi connectivity index (χ1n) is 11.6. The number of carbonyl (C=O) groups is 6. The number of nitrogens with two attached hydrogens (primary N) is 1. The van der Waals surface area contributed by atoms with Gasteiger partial charge in [-0.3, -0.25) is 34.1 Å². The number of aliphatic carboxylic acids is 1. The molecule has 0 spiro atoms. The number of non-ortho nitro benzene ring substituents is 1. The fourth-order valence-corrected chi connectivity index (χ4v) is 4.75. The second-order valence-electron chi connectivity index (χ2n) is 8.58. The maximum atomic E-state index is 13.2. The van der Waals surface area contributed by atoms with Crippen LogP contribution >= 0.6 is 11.8 Å². The molecule has 0 saturated carbocycles. The highest BCUT2D eigenvalue weighted by molar-refractivity contribution is 7.98. The SMILES string of the molecule is NC(=O)C[C@@H]1NC(=O)[C@H](CCC(=O)O)NC(=O)c2cc([N+](=O)[O-])ccc2SCc2ccc(C(=O)O)cc2NC1=O. The molecule has 16 heteroatoms. The minimum absolute atomic E-state index is 0.0357. The molecule has 0 saturated heterocycles. The smallest absolute Gasteiger partial charge is 0.335 e. The van der Waals surface area contributed by atoms with Crippen molar-refractivity contribution in [2.75, 3.05) is 5.32 Å². The van der Waals surface area contributed by atoms with E-state index in [-0.39, 0.29) is 27.5 Å². The average Bonchev–Trinajstić information content (AvgIpc) is 2.88. The molecule has 0 fully saturated rings. The Morgan fingerprint density at radius 2 is 1.75 bits per heavy atom. The number of carbonyl (C=O) groups excluding carboxylic acids is 4. The van der Waals surface area contributed by atoms with Crippen molar-refractivity contribution in [1.29, 1.82) is 0 Å². The van der Waals surface area contributed by atoms with Crippen molar-refractivity contribution in [3.05, 3.63) is 63.2 Å². The van der Waals surface area contributed by atoms with Crippen molar-refractivity contribution in [3.8, 4) is 0 Å². The second-order valence-corrected chi connectivity index (χ2v) is 9.60. The minimum Gasteiger partial charge on any atom is -0.481 e. The molecular weight excluding hydrogens is 550 g/mol. The van der Waals surface area contributed by atoms with E-state index < -0.39 is 77.5 Å². The molecule has 3 rings (SSSR count).